The number of carbonyl (C=O) groups excluding carboxylic acids is 1. The van der Waals surface area contributed by atoms with Gasteiger partial charge in [-0.15, -0.1) is 0 Å². The zero-order valence-corrected chi connectivity index (χ0v) is 17.6. The number of hydrogen-bond donors (Lipinski definition) is 2. The molecule has 1 saturated carbocycles. The van der Waals surface area contributed by atoms with Crippen LogP contribution in [0.2, 0.25) is 0 Å². The first-order valence-corrected chi connectivity index (χ1v) is 11.6. The van der Waals surface area contributed by atoms with Gasteiger partial charge in [-0.05, 0) is 61.4 Å². The number of rotatable bonds is 8. The summed E-state index contributed by atoms with van der Waals surface area (Å²) in [4.78, 5) is 16.0. The molecular formula is C21H26FN3O4S. The minimum Gasteiger partial charge on any atom is -0.453 e. The van der Waals surface area contributed by atoms with E-state index in [2.05, 4.69) is 21.9 Å². The summed E-state index contributed by atoms with van der Waals surface area (Å²) in [7, 11) is -3.71. The lowest BCUT2D eigenvalue weighted by molar-refractivity contribution is -0.118. The number of halogens is 1. The minimum absolute atomic E-state index is 0.0133. The molecule has 7 nitrogen and oxygen atoms in total. The molecule has 0 atom stereocenters. The average molecular weight is 436 g/mol. The summed E-state index contributed by atoms with van der Waals surface area (Å²) >= 11 is 0. The molecule has 1 amide bonds. The highest BCUT2D eigenvalue weighted by Crippen LogP contribution is 2.25. The van der Waals surface area contributed by atoms with Crippen molar-refractivity contribution in [1.82, 2.24) is 15.0 Å². The fourth-order valence-electron chi connectivity index (χ4n) is 3.37. The predicted octanol–water partition coefficient (Wildman–Crippen LogP) is 3.13. The van der Waals surface area contributed by atoms with Crippen molar-refractivity contribution in [3.8, 4) is 11.5 Å². The van der Waals surface area contributed by atoms with Gasteiger partial charge in [0.25, 0.3) is 0 Å². The van der Waals surface area contributed by atoms with Crippen molar-refractivity contribution < 1.29 is 22.3 Å². The normalized spacial score (nSPS) is 19.3. The van der Waals surface area contributed by atoms with Crippen LogP contribution in [0.3, 0.4) is 0 Å². The molecule has 1 heterocycles. The molecule has 1 aliphatic carbocycles. The van der Waals surface area contributed by atoms with Crippen LogP contribution in [0.25, 0.3) is 0 Å². The van der Waals surface area contributed by atoms with Crippen LogP contribution in [0.5, 0.6) is 11.5 Å². The molecule has 1 aromatic carbocycles. The molecule has 0 spiro atoms. The Hall–Kier alpha value is -2.52. The van der Waals surface area contributed by atoms with Crippen LogP contribution in [0.15, 0.2) is 42.7 Å². The zero-order valence-electron chi connectivity index (χ0n) is 16.8. The van der Waals surface area contributed by atoms with E-state index in [0.717, 1.165) is 25.7 Å². The van der Waals surface area contributed by atoms with Crippen molar-refractivity contribution in [3.63, 3.8) is 0 Å². The van der Waals surface area contributed by atoms with E-state index in [-0.39, 0.29) is 18.3 Å². The maximum absolute atomic E-state index is 14.3. The van der Waals surface area contributed by atoms with Crippen molar-refractivity contribution in [2.75, 3.05) is 5.75 Å². The lowest BCUT2D eigenvalue weighted by Crippen LogP contribution is -2.42. The Bertz CT molecular complexity index is 961. The summed E-state index contributed by atoms with van der Waals surface area (Å²) in [5.74, 6) is -0.831. The number of benzene rings is 1. The first kappa shape index (κ1) is 22.2. The third-order valence-electron chi connectivity index (χ3n) is 5.03. The van der Waals surface area contributed by atoms with Crippen LogP contribution in [-0.2, 0) is 21.4 Å². The van der Waals surface area contributed by atoms with Gasteiger partial charge in [0.15, 0.2) is 11.6 Å². The number of amides is 1. The second-order valence-electron chi connectivity index (χ2n) is 7.67. The van der Waals surface area contributed by atoms with Crippen LogP contribution in [-0.4, -0.2) is 31.1 Å². The number of ether oxygens (including phenoxy) is 1. The molecule has 9 heteroatoms. The van der Waals surface area contributed by atoms with Gasteiger partial charge in [0, 0.05) is 18.8 Å². The van der Waals surface area contributed by atoms with E-state index >= 15 is 0 Å². The van der Waals surface area contributed by atoms with E-state index in [9.17, 15) is 17.6 Å². The van der Waals surface area contributed by atoms with Crippen LogP contribution in [0, 0.1) is 11.7 Å². The number of carbonyl (C=O) groups is 1. The van der Waals surface area contributed by atoms with E-state index in [4.69, 9.17) is 4.74 Å². The quantitative estimate of drug-likeness (QED) is 0.664. The molecule has 2 aromatic rings. The number of hydrogen-bond acceptors (Lipinski definition) is 5. The van der Waals surface area contributed by atoms with Gasteiger partial charge in [-0.3, -0.25) is 9.78 Å². The topological polar surface area (TPSA) is 97.4 Å². The number of pyridine rings is 1. The first-order chi connectivity index (χ1) is 14.3. The number of sulfonamides is 1. The predicted molar refractivity (Wildman–Crippen MR) is 111 cm³/mol. The molecule has 162 valence electrons. The summed E-state index contributed by atoms with van der Waals surface area (Å²) in [5, 5.41) is 2.52. The van der Waals surface area contributed by atoms with Gasteiger partial charge in [0.2, 0.25) is 15.9 Å². The van der Waals surface area contributed by atoms with E-state index in [1.807, 2.05) is 0 Å². The summed E-state index contributed by atoms with van der Waals surface area (Å²) < 4.78 is 46.7. The largest absolute Gasteiger partial charge is 0.453 e. The first-order valence-electron chi connectivity index (χ1n) is 9.94. The second kappa shape index (κ2) is 9.99. The van der Waals surface area contributed by atoms with E-state index in [1.165, 1.54) is 18.3 Å². The van der Waals surface area contributed by atoms with Crippen LogP contribution < -0.4 is 14.8 Å². The van der Waals surface area contributed by atoms with E-state index in [1.54, 1.807) is 24.4 Å². The molecular weight excluding hydrogens is 409 g/mol. The van der Waals surface area contributed by atoms with Gasteiger partial charge < -0.3 is 10.1 Å². The van der Waals surface area contributed by atoms with Gasteiger partial charge in [-0.25, -0.2) is 17.5 Å². The standard InChI is InChI=1S/C21H26FN3O4S/c1-15-4-7-17(8-5-15)25-30(27,28)14-21(26)24-12-16-6-9-20(19(22)11-16)29-18-3-2-10-23-13-18/h2-3,6,9-11,13,15,17,25H,4-5,7-8,12,14H2,1H3,(H,24,26). The molecule has 0 radical (unpaired) electrons. The van der Waals surface area contributed by atoms with Crippen LogP contribution in [0.1, 0.15) is 38.2 Å². The number of aromatic nitrogens is 1. The van der Waals surface area contributed by atoms with E-state index in [0.29, 0.717) is 17.2 Å². The lowest BCUT2D eigenvalue weighted by Gasteiger charge is -2.26. The maximum atomic E-state index is 14.3. The van der Waals surface area contributed by atoms with Crippen molar-refractivity contribution >= 4 is 15.9 Å². The molecule has 0 bridgehead atoms. The van der Waals surface area contributed by atoms with Gasteiger partial charge in [-0.2, -0.15) is 0 Å². The summed E-state index contributed by atoms with van der Waals surface area (Å²) in [6.45, 7) is 2.16. The molecule has 1 aromatic heterocycles. The maximum Gasteiger partial charge on any atom is 0.236 e. The number of nitrogens with one attached hydrogen (secondary N) is 2. The SMILES string of the molecule is CC1CCC(NS(=O)(=O)CC(=O)NCc2ccc(Oc3cccnc3)c(F)c2)CC1. The van der Waals surface area contributed by atoms with Gasteiger partial charge in [-0.1, -0.05) is 13.0 Å². The molecule has 1 aliphatic rings. The molecule has 3 rings (SSSR count). The third-order valence-corrected chi connectivity index (χ3v) is 6.37. The minimum atomic E-state index is -3.71. The van der Waals surface area contributed by atoms with E-state index < -0.39 is 27.5 Å². The highest BCUT2D eigenvalue weighted by molar-refractivity contribution is 7.90. The Labute approximate surface area is 176 Å². The molecule has 30 heavy (non-hydrogen) atoms. The van der Waals surface area contributed by atoms with Gasteiger partial charge in [0.05, 0.1) is 6.20 Å². The summed E-state index contributed by atoms with van der Waals surface area (Å²) in [6.07, 6.45) is 6.58. The highest BCUT2D eigenvalue weighted by Gasteiger charge is 2.24. The van der Waals surface area contributed by atoms with Crippen LogP contribution >= 0.6 is 0 Å². The fraction of sp³-hybridized carbons (Fsp3) is 0.429. The van der Waals surface area contributed by atoms with Crippen molar-refractivity contribution in [2.45, 2.75) is 45.2 Å². The fourth-order valence-corrected chi connectivity index (χ4v) is 4.64. The molecule has 2 N–H and O–H groups in total. The number of nitrogens with zero attached hydrogens (tertiary/aromatic N) is 1. The Morgan fingerprint density at radius 3 is 2.67 bits per heavy atom. The Kier molecular flexibility index (Phi) is 7.38. The third kappa shape index (κ3) is 6.77. The Balaban J connectivity index is 1.48. The lowest BCUT2D eigenvalue weighted by atomic mass is 9.88. The molecule has 1 fully saturated rings. The molecule has 0 saturated heterocycles. The molecule has 0 aliphatic heterocycles. The van der Waals surface area contributed by atoms with Crippen LogP contribution in [0.4, 0.5) is 4.39 Å². The molecule has 0 unspecified atom stereocenters. The van der Waals surface area contributed by atoms with Crippen molar-refractivity contribution in [2.24, 2.45) is 5.92 Å². The Morgan fingerprint density at radius 2 is 2.00 bits per heavy atom. The van der Waals surface area contributed by atoms with Crippen molar-refractivity contribution in [1.29, 1.82) is 0 Å². The summed E-state index contributed by atoms with van der Waals surface area (Å²) in [5.41, 5.74) is 0.492. The highest BCUT2D eigenvalue weighted by atomic mass is 32.2. The monoisotopic (exact) mass is 435 g/mol. The van der Waals surface area contributed by atoms with Gasteiger partial charge >= 0.3 is 0 Å². The zero-order chi connectivity index (χ0) is 21.6. The average Bonchev–Trinajstić information content (AvgIpc) is 2.70. The van der Waals surface area contributed by atoms with Crippen molar-refractivity contribution in [3.05, 3.63) is 54.1 Å². The summed E-state index contributed by atoms with van der Waals surface area (Å²) in [6, 6.07) is 7.51. The second-order valence-corrected chi connectivity index (χ2v) is 9.42. The Morgan fingerprint density at radius 1 is 1.23 bits per heavy atom. The van der Waals surface area contributed by atoms with Gasteiger partial charge in [0.1, 0.15) is 11.5 Å². The smallest absolute Gasteiger partial charge is 0.236 e.